The Bertz CT molecular complexity index is 1210. The van der Waals surface area contributed by atoms with E-state index >= 15 is 0 Å². The van der Waals surface area contributed by atoms with Crippen LogP contribution in [0.4, 0.5) is 0 Å². The number of halogens is 2. The molecule has 1 atom stereocenters. The van der Waals surface area contributed by atoms with Crippen LogP contribution in [-0.4, -0.2) is 41.5 Å². The van der Waals surface area contributed by atoms with Crippen molar-refractivity contribution < 1.29 is 14.7 Å². The van der Waals surface area contributed by atoms with E-state index in [0.717, 1.165) is 10.9 Å². The third-order valence-corrected chi connectivity index (χ3v) is 5.93. The van der Waals surface area contributed by atoms with Crippen molar-refractivity contribution in [3.8, 4) is 6.07 Å². The standard InChI is InChI=1S/C24H21Cl2N3O3/c25-21-6-5-16(11-22(21)26)18(7-8-30)13-29(14-23(28)31)24(32)20-10-15(12-27)9-17-3-1-2-4-19(17)20/h1-6,9-11,18,30H,7-8,13-14H2,(H2,28,31). The van der Waals surface area contributed by atoms with E-state index in [9.17, 15) is 20.0 Å². The minimum atomic E-state index is -0.670. The SMILES string of the molecule is N#Cc1cc(C(=O)N(CC(N)=O)CC(CCO)c2ccc(Cl)c(Cl)c2)c2ccccc2c1. The summed E-state index contributed by atoms with van der Waals surface area (Å²) in [5, 5.41) is 21.1. The van der Waals surface area contributed by atoms with Gasteiger partial charge in [0.15, 0.2) is 0 Å². The number of benzene rings is 3. The predicted molar refractivity (Wildman–Crippen MR) is 125 cm³/mol. The average molecular weight is 470 g/mol. The quantitative estimate of drug-likeness (QED) is 0.517. The van der Waals surface area contributed by atoms with Gasteiger partial charge in [-0.15, -0.1) is 0 Å². The van der Waals surface area contributed by atoms with E-state index in [2.05, 4.69) is 6.07 Å². The molecule has 3 aromatic carbocycles. The number of primary amides is 1. The molecule has 0 spiro atoms. The number of hydrogen-bond donors (Lipinski definition) is 2. The number of hydrogen-bond acceptors (Lipinski definition) is 4. The lowest BCUT2D eigenvalue weighted by Crippen LogP contribution is -2.41. The van der Waals surface area contributed by atoms with Gasteiger partial charge < -0.3 is 15.7 Å². The molecule has 3 rings (SSSR count). The maximum absolute atomic E-state index is 13.6. The number of carbonyl (C=O) groups excluding carboxylic acids is 2. The zero-order chi connectivity index (χ0) is 23.3. The smallest absolute Gasteiger partial charge is 0.255 e. The lowest BCUT2D eigenvalue weighted by atomic mass is 9.94. The van der Waals surface area contributed by atoms with Crippen LogP contribution >= 0.6 is 23.2 Å². The molecule has 3 N–H and O–H groups in total. The van der Waals surface area contributed by atoms with Crippen molar-refractivity contribution in [2.24, 2.45) is 5.73 Å². The summed E-state index contributed by atoms with van der Waals surface area (Å²) in [5.74, 6) is -1.42. The Hall–Kier alpha value is -3.11. The van der Waals surface area contributed by atoms with E-state index in [4.69, 9.17) is 28.9 Å². The van der Waals surface area contributed by atoms with Gasteiger partial charge in [-0.25, -0.2) is 0 Å². The first-order valence-corrected chi connectivity index (χ1v) is 10.7. The summed E-state index contributed by atoms with van der Waals surface area (Å²) in [5.41, 5.74) is 6.85. The minimum absolute atomic E-state index is 0.116. The lowest BCUT2D eigenvalue weighted by Gasteiger charge is -2.27. The third-order valence-electron chi connectivity index (χ3n) is 5.19. The van der Waals surface area contributed by atoms with Gasteiger partial charge in [0, 0.05) is 24.6 Å². The van der Waals surface area contributed by atoms with Gasteiger partial charge in [0.2, 0.25) is 5.91 Å². The van der Waals surface area contributed by atoms with Gasteiger partial charge in [0.25, 0.3) is 5.91 Å². The van der Waals surface area contributed by atoms with Crippen molar-refractivity contribution in [3.63, 3.8) is 0 Å². The maximum Gasteiger partial charge on any atom is 0.255 e. The van der Waals surface area contributed by atoms with Gasteiger partial charge >= 0.3 is 0 Å². The second-order valence-electron chi connectivity index (χ2n) is 7.39. The number of nitrogens with two attached hydrogens (primary N) is 1. The molecule has 0 heterocycles. The van der Waals surface area contributed by atoms with Crippen molar-refractivity contribution in [1.29, 1.82) is 5.26 Å². The highest BCUT2D eigenvalue weighted by atomic mass is 35.5. The maximum atomic E-state index is 13.6. The van der Waals surface area contributed by atoms with Crippen LogP contribution in [0.3, 0.4) is 0 Å². The van der Waals surface area contributed by atoms with Gasteiger partial charge in [0.05, 0.1) is 28.2 Å². The van der Waals surface area contributed by atoms with Gasteiger partial charge in [-0.3, -0.25) is 9.59 Å². The minimum Gasteiger partial charge on any atom is -0.396 e. The van der Waals surface area contributed by atoms with Crippen LogP contribution < -0.4 is 5.73 Å². The molecule has 164 valence electrons. The zero-order valence-electron chi connectivity index (χ0n) is 17.1. The fraction of sp³-hybridized carbons (Fsp3) is 0.208. The number of rotatable bonds is 8. The van der Waals surface area contributed by atoms with Crippen molar-refractivity contribution >= 4 is 45.8 Å². The molecule has 0 saturated carbocycles. The van der Waals surface area contributed by atoms with Gasteiger partial charge in [-0.1, -0.05) is 53.5 Å². The molecular formula is C24H21Cl2N3O3. The first-order valence-electron chi connectivity index (χ1n) is 9.90. The van der Waals surface area contributed by atoms with Crippen LogP contribution in [0.15, 0.2) is 54.6 Å². The normalized spacial score (nSPS) is 11.7. The van der Waals surface area contributed by atoms with Crippen molar-refractivity contribution in [2.75, 3.05) is 19.7 Å². The summed E-state index contributed by atoms with van der Waals surface area (Å²) in [7, 11) is 0. The van der Waals surface area contributed by atoms with Gasteiger partial charge in [-0.05, 0) is 47.0 Å². The predicted octanol–water partition coefficient (Wildman–Crippen LogP) is 4.11. The van der Waals surface area contributed by atoms with Crippen LogP contribution in [0.5, 0.6) is 0 Å². The summed E-state index contributed by atoms with van der Waals surface area (Å²) in [4.78, 5) is 26.7. The summed E-state index contributed by atoms with van der Waals surface area (Å²) < 4.78 is 0. The molecule has 2 amide bonds. The second-order valence-corrected chi connectivity index (χ2v) is 8.21. The number of aliphatic hydroxyl groups is 1. The monoisotopic (exact) mass is 469 g/mol. The molecule has 0 aromatic heterocycles. The number of carbonyl (C=O) groups is 2. The first kappa shape index (κ1) is 23.6. The molecule has 1 unspecified atom stereocenters. The van der Waals surface area contributed by atoms with Crippen LogP contribution in [0.25, 0.3) is 10.8 Å². The molecule has 0 bridgehead atoms. The van der Waals surface area contributed by atoms with Crippen LogP contribution in [0.1, 0.15) is 33.8 Å². The molecule has 0 fully saturated rings. The molecule has 32 heavy (non-hydrogen) atoms. The van der Waals surface area contributed by atoms with Gasteiger partial charge in [-0.2, -0.15) is 5.26 Å². The molecule has 6 nitrogen and oxygen atoms in total. The molecule has 0 aliphatic rings. The molecule has 0 radical (unpaired) electrons. The second kappa shape index (κ2) is 10.5. The van der Waals surface area contributed by atoms with Crippen molar-refractivity contribution in [1.82, 2.24) is 4.90 Å². The largest absolute Gasteiger partial charge is 0.396 e. The Morgan fingerprint density at radius 2 is 1.84 bits per heavy atom. The average Bonchev–Trinajstić information content (AvgIpc) is 2.78. The topological polar surface area (TPSA) is 107 Å². The van der Waals surface area contributed by atoms with Crippen molar-refractivity contribution in [2.45, 2.75) is 12.3 Å². The summed E-state index contributed by atoms with van der Waals surface area (Å²) in [6.45, 7) is -0.324. The Balaban J connectivity index is 2.03. The summed E-state index contributed by atoms with van der Waals surface area (Å²) in [6, 6.07) is 17.6. The zero-order valence-corrected chi connectivity index (χ0v) is 18.6. The molecule has 0 aliphatic carbocycles. The number of aliphatic hydroxyl groups excluding tert-OH is 1. The molecule has 8 heteroatoms. The van der Waals surface area contributed by atoms with Gasteiger partial charge in [0.1, 0.15) is 0 Å². The Labute approximate surface area is 195 Å². The fourth-order valence-corrected chi connectivity index (χ4v) is 3.99. The molecule has 0 saturated heterocycles. The Morgan fingerprint density at radius 1 is 1.09 bits per heavy atom. The summed E-state index contributed by atoms with van der Waals surface area (Å²) >= 11 is 12.2. The lowest BCUT2D eigenvalue weighted by molar-refractivity contribution is -0.118. The Morgan fingerprint density at radius 3 is 2.50 bits per heavy atom. The summed E-state index contributed by atoms with van der Waals surface area (Å²) in [6.07, 6.45) is 0.333. The van der Waals surface area contributed by atoms with Crippen molar-refractivity contribution in [3.05, 3.63) is 81.3 Å². The highest BCUT2D eigenvalue weighted by Gasteiger charge is 2.25. The highest BCUT2D eigenvalue weighted by Crippen LogP contribution is 2.30. The van der Waals surface area contributed by atoms with E-state index in [1.807, 2.05) is 12.1 Å². The third kappa shape index (κ3) is 5.38. The molecule has 3 aromatic rings. The first-order chi connectivity index (χ1) is 15.3. The number of nitriles is 1. The van der Waals surface area contributed by atoms with E-state index in [1.54, 1.807) is 36.4 Å². The fourth-order valence-electron chi connectivity index (χ4n) is 3.68. The number of nitrogens with zero attached hydrogens (tertiary/aromatic N) is 2. The number of fused-ring (bicyclic) bond motifs is 1. The molecular weight excluding hydrogens is 449 g/mol. The van der Waals surface area contributed by atoms with Crippen LogP contribution in [0.2, 0.25) is 10.0 Å². The van der Waals surface area contributed by atoms with Crippen LogP contribution in [-0.2, 0) is 4.79 Å². The Kier molecular flexibility index (Phi) is 7.70. The van der Waals surface area contributed by atoms with Crippen LogP contribution in [0, 0.1) is 11.3 Å². The molecule has 0 aliphatic heterocycles. The van der Waals surface area contributed by atoms with E-state index < -0.39 is 11.8 Å². The van der Waals surface area contributed by atoms with E-state index in [0.29, 0.717) is 33.0 Å². The number of amides is 2. The van der Waals surface area contributed by atoms with E-state index in [1.165, 1.54) is 11.0 Å². The highest BCUT2D eigenvalue weighted by molar-refractivity contribution is 6.42. The van der Waals surface area contributed by atoms with E-state index in [-0.39, 0.29) is 25.6 Å².